The minimum Gasteiger partial charge on any atom is -0.310 e. The van der Waals surface area contributed by atoms with Gasteiger partial charge in [0, 0.05) is 64.5 Å². The largest absolute Gasteiger partial charge is 0.310 e. The molecule has 244 valence electrons. The summed E-state index contributed by atoms with van der Waals surface area (Å²) in [5.74, 6) is 0. The van der Waals surface area contributed by atoms with Crippen LogP contribution in [0.15, 0.2) is 188 Å². The Morgan fingerprint density at radius 3 is 1.60 bits per heavy atom. The smallest absolute Gasteiger partial charge is 0.0562 e. The van der Waals surface area contributed by atoms with Crippen LogP contribution in [-0.2, 0) is 0 Å². The minimum atomic E-state index is 1.10. The van der Waals surface area contributed by atoms with Gasteiger partial charge in [0.1, 0.15) is 0 Å². The Labute approximate surface area is 304 Å². The first kappa shape index (κ1) is 29.1. The van der Waals surface area contributed by atoms with Crippen molar-refractivity contribution in [2.45, 2.75) is 0 Å². The Kier molecular flexibility index (Phi) is 6.42. The van der Waals surface area contributed by atoms with E-state index in [4.69, 9.17) is 0 Å². The monoisotopic (exact) mass is 681 g/mol. The molecule has 0 aliphatic carbocycles. The van der Waals surface area contributed by atoms with Crippen molar-refractivity contribution in [1.82, 2.24) is 9.13 Å². The molecule has 0 unspecified atom stereocenters. The summed E-state index contributed by atoms with van der Waals surface area (Å²) in [6.07, 6.45) is 0. The fourth-order valence-corrected chi connectivity index (χ4v) is 9.36. The van der Waals surface area contributed by atoms with Crippen LogP contribution in [0.1, 0.15) is 0 Å². The van der Waals surface area contributed by atoms with E-state index in [2.05, 4.69) is 202 Å². The fraction of sp³-hybridized carbons (Fsp3) is 0. The maximum atomic E-state index is 2.44. The number of benzene rings is 8. The van der Waals surface area contributed by atoms with Gasteiger partial charge in [0.15, 0.2) is 0 Å². The molecule has 0 amide bonds. The molecular weight excluding hydrogens is 651 g/mol. The molecule has 11 rings (SSSR count). The number of hydrogen-bond donors (Lipinski definition) is 0. The van der Waals surface area contributed by atoms with Crippen LogP contribution < -0.4 is 4.90 Å². The zero-order chi connectivity index (χ0) is 34.2. The predicted molar refractivity (Wildman–Crippen MR) is 223 cm³/mol. The van der Waals surface area contributed by atoms with E-state index in [1.807, 2.05) is 11.3 Å². The SMILES string of the molecule is c1ccc(N(c2ccc(-n3c4ccccc4c4ccccc43)cc2)c2cccc3c2c2ccccc2n3-c2ccc3sc4ccccc4c3c2)cc1. The number of aromatic nitrogens is 2. The highest BCUT2D eigenvalue weighted by Crippen LogP contribution is 2.45. The number of para-hydroxylation sites is 4. The first-order valence-electron chi connectivity index (χ1n) is 17.7. The Morgan fingerprint density at radius 1 is 0.346 bits per heavy atom. The highest BCUT2D eigenvalue weighted by Gasteiger charge is 2.22. The number of thiophene rings is 1. The molecule has 0 aliphatic rings. The number of anilines is 3. The second-order valence-corrected chi connectivity index (χ2v) is 14.4. The lowest BCUT2D eigenvalue weighted by Crippen LogP contribution is -2.10. The molecule has 8 aromatic carbocycles. The van der Waals surface area contributed by atoms with Crippen LogP contribution in [0.25, 0.3) is 75.2 Å². The zero-order valence-electron chi connectivity index (χ0n) is 28.1. The van der Waals surface area contributed by atoms with Gasteiger partial charge in [-0.05, 0) is 91.0 Å². The van der Waals surface area contributed by atoms with E-state index in [0.717, 1.165) is 22.7 Å². The molecule has 0 saturated heterocycles. The van der Waals surface area contributed by atoms with Crippen molar-refractivity contribution in [2.75, 3.05) is 4.90 Å². The molecule has 3 heterocycles. The molecule has 4 heteroatoms. The summed E-state index contributed by atoms with van der Waals surface area (Å²) >= 11 is 1.86. The standard InChI is InChI=1S/C48H31N3S/c1-2-13-32(14-3-1)49(33-25-27-34(28-26-33)50-41-19-8-4-15-36(41)37-16-5-9-20-42(37)50)44-22-12-23-45-48(44)39-18-6-10-21-43(39)51(45)35-29-30-47-40(31-35)38-17-7-11-24-46(38)52-47/h1-31H. The lowest BCUT2D eigenvalue weighted by molar-refractivity contribution is 1.17. The van der Waals surface area contributed by atoms with Crippen LogP contribution in [0.4, 0.5) is 17.1 Å². The van der Waals surface area contributed by atoms with E-state index in [9.17, 15) is 0 Å². The lowest BCUT2D eigenvalue weighted by Gasteiger charge is -2.27. The summed E-state index contributed by atoms with van der Waals surface area (Å²) in [5, 5.41) is 7.60. The van der Waals surface area contributed by atoms with Crippen molar-refractivity contribution in [3.05, 3.63) is 188 Å². The predicted octanol–water partition coefficient (Wildman–Crippen LogP) is 13.7. The third-order valence-electron chi connectivity index (χ3n) is 10.5. The third kappa shape index (κ3) is 4.31. The molecule has 0 fully saturated rings. The van der Waals surface area contributed by atoms with Crippen LogP contribution in [0.5, 0.6) is 0 Å². The maximum absolute atomic E-state index is 2.44. The average molecular weight is 682 g/mol. The van der Waals surface area contributed by atoms with E-state index in [1.165, 1.54) is 69.5 Å². The first-order valence-corrected chi connectivity index (χ1v) is 18.5. The highest BCUT2D eigenvalue weighted by molar-refractivity contribution is 7.25. The number of hydrogen-bond acceptors (Lipinski definition) is 2. The van der Waals surface area contributed by atoms with Gasteiger partial charge in [-0.3, -0.25) is 0 Å². The summed E-state index contributed by atoms with van der Waals surface area (Å²) in [4.78, 5) is 2.41. The summed E-state index contributed by atoms with van der Waals surface area (Å²) in [5.41, 5.74) is 10.5. The third-order valence-corrected chi connectivity index (χ3v) is 11.6. The van der Waals surface area contributed by atoms with Gasteiger partial charge in [-0.25, -0.2) is 0 Å². The number of nitrogens with zero attached hydrogens (tertiary/aromatic N) is 3. The van der Waals surface area contributed by atoms with Crippen LogP contribution in [-0.4, -0.2) is 9.13 Å². The van der Waals surface area contributed by atoms with Crippen molar-refractivity contribution in [1.29, 1.82) is 0 Å². The van der Waals surface area contributed by atoms with E-state index in [-0.39, 0.29) is 0 Å². The molecule has 3 nitrogen and oxygen atoms in total. The first-order chi connectivity index (χ1) is 25.8. The van der Waals surface area contributed by atoms with Crippen molar-refractivity contribution in [2.24, 2.45) is 0 Å². The molecule has 3 aromatic heterocycles. The minimum absolute atomic E-state index is 1.10. The van der Waals surface area contributed by atoms with Crippen LogP contribution in [0, 0.1) is 0 Å². The van der Waals surface area contributed by atoms with Gasteiger partial charge >= 0.3 is 0 Å². The quantitative estimate of drug-likeness (QED) is 0.176. The van der Waals surface area contributed by atoms with Crippen molar-refractivity contribution in [3.8, 4) is 11.4 Å². The fourth-order valence-electron chi connectivity index (χ4n) is 8.27. The molecule has 0 N–H and O–H groups in total. The van der Waals surface area contributed by atoms with E-state index < -0.39 is 0 Å². The van der Waals surface area contributed by atoms with Crippen LogP contribution in [0.2, 0.25) is 0 Å². The molecule has 52 heavy (non-hydrogen) atoms. The lowest BCUT2D eigenvalue weighted by atomic mass is 10.1. The maximum Gasteiger partial charge on any atom is 0.0562 e. The van der Waals surface area contributed by atoms with Crippen molar-refractivity contribution < 1.29 is 0 Å². The normalized spacial score (nSPS) is 11.8. The van der Waals surface area contributed by atoms with Gasteiger partial charge in [0.25, 0.3) is 0 Å². The second-order valence-electron chi connectivity index (χ2n) is 13.4. The summed E-state index contributed by atoms with van der Waals surface area (Å²) in [6, 6.07) is 68.4. The average Bonchev–Trinajstić information content (AvgIpc) is 3.87. The second kappa shape index (κ2) is 11.5. The molecule has 0 atom stereocenters. The molecule has 0 aliphatic heterocycles. The van der Waals surface area contributed by atoms with E-state index >= 15 is 0 Å². The molecule has 0 saturated carbocycles. The van der Waals surface area contributed by atoms with Gasteiger partial charge in [-0.2, -0.15) is 0 Å². The Hall–Kier alpha value is -6.62. The number of fused-ring (bicyclic) bond motifs is 9. The zero-order valence-corrected chi connectivity index (χ0v) is 29.0. The van der Waals surface area contributed by atoms with E-state index in [0.29, 0.717) is 0 Å². The van der Waals surface area contributed by atoms with Gasteiger partial charge < -0.3 is 14.0 Å². The van der Waals surface area contributed by atoms with Crippen molar-refractivity contribution >= 4 is 92.2 Å². The van der Waals surface area contributed by atoms with Gasteiger partial charge in [-0.15, -0.1) is 11.3 Å². The van der Waals surface area contributed by atoms with E-state index in [1.54, 1.807) is 0 Å². The number of rotatable bonds is 5. The summed E-state index contributed by atoms with van der Waals surface area (Å²) in [7, 11) is 0. The van der Waals surface area contributed by atoms with Crippen LogP contribution in [0.3, 0.4) is 0 Å². The molecular formula is C48H31N3S. The topological polar surface area (TPSA) is 13.1 Å². The molecule has 11 aromatic rings. The Balaban J connectivity index is 1.12. The van der Waals surface area contributed by atoms with Gasteiger partial charge in [0.05, 0.1) is 27.8 Å². The summed E-state index contributed by atoms with van der Waals surface area (Å²) in [6.45, 7) is 0. The molecule has 0 bridgehead atoms. The van der Waals surface area contributed by atoms with Gasteiger partial charge in [-0.1, -0.05) is 97.1 Å². The highest BCUT2D eigenvalue weighted by atomic mass is 32.1. The summed E-state index contributed by atoms with van der Waals surface area (Å²) < 4.78 is 7.45. The Bertz CT molecular complexity index is 3080. The van der Waals surface area contributed by atoms with Gasteiger partial charge in [0.2, 0.25) is 0 Å². The van der Waals surface area contributed by atoms with Crippen molar-refractivity contribution in [3.63, 3.8) is 0 Å². The molecule has 0 spiro atoms. The Morgan fingerprint density at radius 2 is 0.865 bits per heavy atom. The molecule has 0 radical (unpaired) electrons. The van der Waals surface area contributed by atoms with Crippen LogP contribution >= 0.6 is 11.3 Å².